The van der Waals surface area contributed by atoms with Crippen LogP contribution in [-0.2, 0) is 22.6 Å². The Morgan fingerprint density at radius 3 is 2.56 bits per heavy atom. The standard InChI is InChI=1S/C23H25FN6O3.C4H4O4/c24-18-1-2-19-22-17(18)10-16(30(22)21(31)12-26-19)13-29-5-3-14(4-6-29)25-11-15-9-20-23(28-27-15)33-8-7-32-20;5-3(6)1-2-4(7)8/h1-2,9,12,14,16,25H,3-8,10-11,13H2;1-2H,(H,5,6)(H,7,8)/b;2-1+. The molecule has 41 heavy (non-hydrogen) atoms. The van der Waals surface area contributed by atoms with E-state index in [9.17, 15) is 18.8 Å². The van der Waals surface area contributed by atoms with Crippen LogP contribution < -0.4 is 20.3 Å². The lowest BCUT2D eigenvalue weighted by molar-refractivity contribution is -0.134. The average molecular weight is 569 g/mol. The van der Waals surface area contributed by atoms with Crippen molar-refractivity contribution >= 4 is 23.0 Å². The van der Waals surface area contributed by atoms with E-state index in [4.69, 9.17) is 19.7 Å². The number of aliphatic carboxylic acids is 2. The maximum Gasteiger partial charge on any atom is 0.328 e. The first-order valence-corrected chi connectivity index (χ1v) is 13.2. The van der Waals surface area contributed by atoms with E-state index in [1.165, 1.54) is 12.3 Å². The van der Waals surface area contributed by atoms with Gasteiger partial charge in [-0.2, -0.15) is 5.10 Å². The van der Waals surface area contributed by atoms with Gasteiger partial charge in [0.05, 0.1) is 29.0 Å². The first kappa shape index (κ1) is 28.1. The van der Waals surface area contributed by atoms with Gasteiger partial charge in [0.1, 0.15) is 19.0 Å². The van der Waals surface area contributed by atoms with E-state index in [-0.39, 0.29) is 17.4 Å². The van der Waals surface area contributed by atoms with Gasteiger partial charge in [-0.25, -0.2) is 19.0 Å². The Kier molecular flexibility index (Phi) is 8.50. The number of carbonyl (C=O) groups is 2. The van der Waals surface area contributed by atoms with Crippen molar-refractivity contribution in [2.75, 3.05) is 32.8 Å². The molecule has 1 aromatic carbocycles. The number of hydrogen-bond donors (Lipinski definition) is 3. The van der Waals surface area contributed by atoms with Crippen LogP contribution in [0.2, 0.25) is 0 Å². The Morgan fingerprint density at radius 1 is 1.10 bits per heavy atom. The fourth-order valence-corrected chi connectivity index (χ4v) is 5.29. The topological polar surface area (TPSA) is 169 Å². The molecule has 13 nitrogen and oxygen atoms in total. The third-order valence-corrected chi connectivity index (χ3v) is 7.16. The lowest BCUT2D eigenvalue weighted by Crippen LogP contribution is -2.44. The number of hydrogen-bond acceptors (Lipinski definition) is 10. The summed E-state index contributed by atoms with van der Waals surface area (Å²) in [5.41, 5.74) is 2.62. The van der Waals surface area contributed by atoms with Gasteiger partial charge in [0, 0.05) is 42.9 Å². The zero-order valence-electron chi connectivity index (χ0n) is 22.0. The molecule has 0 saturated carbocycles. The number of carboxylic acid groups (broad SMARTS) is 2. The second kappa shape index (κ2) is 12.4. The van der Waals surface area contributed by atoms with Gasteiger partial charge < -0.3 is 34.5 Å². The van der Waals surface area contributed by atoms with Gasteiger partial charge >= 0.3 is 11.9 Å². The molecule has 1 atom stereocenters. The Bertz CT molecular complexity index is 1520. The van der Waals surface area contributed by atoms with E-state index in [0.717, 1.165) is 38.2 Å². The SMILES string of the molecule is O=C(O)/C=C/C(=O)O.O=c1cnc2ccc(F)c3c2n1C(CN1CCC(NCc2cc4c(nn2)OCCO4)CC1)C3. The van der Waals surface area contributed by atoms with Crippen LogP contribution in [-0.4, -0.2) is 85.7 Å². The fourth-order valence-electron chi connectivity index (χ4n) is 5.29. The van der Waals surface area contributed by atoms with E-state index in [1.807, 2.05) is 6.07 Å². The highest BCUT2D eigenvalue weighted by Gasteiger charge is 2.31. The van der Waals surface area contributed by atoms with Gasteiger partial charge in [-0.05, 0) is 44.5 Å². The number of piperidine rings is 1. The number of nitrogens with one attached hydrogen (secondary N) is 1. The molecule has 0 aliphatic carbocycles. The van der Waals surface area contributed by atoms with Crippen LogP contribution >= 0.6 is 0 Å². The highest BCUT2D eigenvalue weighted by molar-refractivity contribution is 5.89. The molecule has 1 unspecified atom stereocenters. The van der Waals surface area contributed by atoms with Crippen LogP contribution in [0.3, 0.4) is 0 Å². The lowest BCUT2D eigenvalue weighted by Gasteiger charge is -2.34. The van der Waals surface area contributed by atoms with Crippen molar-refractivity contribution in [3.8, 4) is 11.6 Å². The summed E-state index contributed by atoms with van der Waals surface area (Å²) in [6, 6.07) is 5.30. The highest BCUT2D eigenvalue weighted by atomic mass is 19.1. The molecule has 1 saturated heterocycles. The number of halogens is 1. The summed E-state index contributed by atoms with van der Waals surface area (Å²) >= 11 is 0. The third-order valence-electron chi connectivity index (χ3n) is 7.16. The first-order chi connectivity index (χ1) is 19.8. The van der Waals surface area contributed by atoms with Crippen molar-refractivity contribution in [2.45, 2.75) is 37.9 Å². The van der Waals surface area contributed by atoms with Crippen LogP contribution in [0.4, 0.5) is 4.39 Å². The summed E-state index contributed by atoms with van der Waals surface area (Å²) in [6.07, 6.45) is 4.98. The van der Waals surface area contributed by atoms with E-state index in [0.29, 0.717) is 72.6 Å². The van der Waals surface area contributed by atoms with Gasteiger partial charge in [0.2, 0.25) is 0 Å². The van der Waals surface area contributed by atoms with Crippen LogP contribution in [0.5, 0.6) is 11.6 Å². The summed E-state index contributed by atoms with van der Waals surface area (Å²) in [4.78, 5) is 38.2. The minimum Gasteiger partial charge on any atom is -0.484 e. The Labute approximate surface area is 233 Å². The van der Waals surface area contributed by atoms with Gasteiger partial charge in [0.25, 0.3) is 11.4 Å². The quantitative estimate of drug-likeness (QED) is 0.348. The Morgan fingerprint density at radius 2 is 1.83 bits per heavy atom. The smallest absolute Gasteiger partial charge is 0.328 e. The first-order valence-electron chi connectivity index (χ1n) is 13.2. The molecular weight excluding hydrogens is 539 g/mol. The van der Waals surface area contributed by atoms with Crippen LogP contribution in [0, 0.1) is 5.82 Å². The molecule has 3 N–H and O–H groups in total. The zero-order chi connectivity index (χ0) is 28.9. The Hall–Kier alpha value is -4.43. The molecule has 14 heteroatoms. The molecular formula is C27H29FN6O7. The number of aromatic nitrogens is 4. The van der Waals surface area contributed by atoms with Gasteiger partial charge in [0.15, 0.2) is 5.75 Å². The third kappa shape index (κ3) is 6.66. The summed E-state index contributed by atoms with van der Waals surface area (Å²) in [5.74, 6) is -1.66. The monoisotopic (exact) mass is 568 g/mol. The van der Waals surface area contributed by atoms with Crippen molar-refractivity contribution in [3.63, 3.8) is 0 Å². The van der Waals surface area contributed by atoms with Crippen molar-refractivity contribution < 1.29 is 33.7 Å². The minimum absolute atomic E-state index is 0.0626. The Balaban J connectivity index is 0.000000372. The van der Waals surface area contributed by atoms with Crippen molar-refractivity contribution in [3.05, 3.63) is 64.0 Å². The van der Waals surface area contributed by atoms with Crippen molar-refractivity contribution in [1.29, 1.82) is 0 Å². The highest BCUT2D eigenvalue weighted by Crippen LogP contribution is 2.32. The molecule has 5 heterocycles. The molecule has 216 valence electrons. The molecule has 3 aliphatic heterocycles. The molecule has 0 spiro atoms. The predicted octanol–water partition coefficient (Wildman–Crippen LogP) is 1.16. The molecule has 0 amide bonds. The summed E-state index contributed by atoms with van der Waals surface area (Å²) in [7, 11) is 0. The van der Waals surface area contributed by atoms with Crippen molar-refractivity contribution in [1.82, 2.24) is 30.0 Å². The number of carboxylic acids is 2. The number of likely N-dealkylation sites (tertiary alicyclic amines) is 1. The summed E-state index contributed by atoms with van der Waals surface area (Å²) in [5, 5.41) is 27.5. The number of nitrogens with zero attached hydrogens (tertiary/aromatic N) is 5. The number of benzene rings is 1. The second-order valence-corrected chi connectivity index (χ2v) is 9.89. The second-order valence-electron chi connectivity index (χ2n) is 9.89. The van der Waals surface area contributed by atoms with E-state index < -0.39 is 11.9 Å². The summed E-state index contributed by atoms with van der Waals surface area (Å²) < 4.78 is 27.2. The number of ether oxygens (including phenoxy) is 2. The molecule has 3 aliphatic rings. The molecule has 1 fully saturated rings. The average Bonchev–Trinajstić information content (AvgIpc) is 3.36. The van der Waals surface area contributed by atoms with E-state index in [2.05, 4.69) is 25.4 Å². The number of fused-ring (bicyclic) bond motifs is 1. The maximum absolute atomic E-state index is 14.4. The minimum atomic E-state index is -1.26. The molecule has 0 bridgehead atoms. The summed E-state index contributed by atoms with van der Waals surface area (Å²) in [6.45, 7) is 4.22. The largest absolute Gasteiger partial charge is 0.484 e. The zero-order valence-corrected chi connectivity index (χ0v) is 22.0. The molecule has 6 rings (SSSR count). The molecule has 2 aromatic heterocycles. The van der Waals surface area contributed by atoms with Crippen LogP contribution in [0.1, 0.15) is 30.1 Å². The fraction of sp³-hybridized carbons (Fsp3) is 0.407. The van der Waals surface area contributed by atoms with Crippen molar-refractivity contribution in [2.24, 2.45) is 0 Å². The van der Waals surface area contributed by atoms with Crippen LogP contribution in [0.15, 0.2) is 41.3 Å². The molecule has 3 aromatic rings. The normalized spacial score (nSPS) is 18.3. The van der Waals surface area contributed by atoms with Gasteiger partial charge in [-0.1, -0.05) is 0 Å². The molecule has 0 radical (unpaired) electrons. The maximum atomic E-state index is 14.4. The van der Waals surface area contributed by atoms with E-state index >= 15 is 0 Å². The van der Waals surface area contributed by atoms with Gasteiger partial charge in [-0.15, -0.1) is 5.10 Å². The predicted molar refractivity (Wildman–Crippen MR) is 142 cm³/mol. The van der Waals surface area contributed by atoms with E-state index in [1.54, 1.807) is 10.6 Å². The van der Waals surface area contributed by atoms with Gasteiger partial charge in [-0.3, -0.25) is 4.79 Å². The van der Waals surface area contributed by atoms with Crippen LogP contribution in [0.25, 0.3) is 11.0 Å². The number of rotatable bonds is 7. The lowest BCUT2D eigenvalue weighted by atomic mass is 10.0.